The fourth-order valence-corrected chi connectivity index (χ4v) is 3.98. The lowest BCUT2D eigenvalue weighted by Gasteiger charge is -2.10. The molecule has 2 aromatic heterocycles. The zero-order chi connectivity index (χ0) is 20.4. The van der Waals surface area contributed by atoms with E-state index in [1.165, 1.54) is 0 Å². The van der Waals surface area contributed by atoms with E-state index in [0.717, 1.165) is 21.8 Å². The number of hydrogen-bond donors (Lipinski definition) is 2. The standard InChI is InChI=1S/C22H20N4O2S/c1-14-7-9-15(10-8-14)22(28)24-11-12-26-17-5-2-4-16(20(23)27)19(17)25-21(26)18-6-3-13-29-18/h2-10,13H,11-12H2,1H3,(H2,23,27)(H,24,28). The Balaban J connectivity index is 1.63. The van der Waals surface area contributed by atoms with Crippen LogP contribution in [-0.4, -0.2) is 27.9 Å². The molecule has 0 radical (unpaired) electrons. The van der Waals surface area contributed by atoms with E-state index in [0.29, 0.717) is 29.7 Å². The van der Waals surface area contributed by atoms with E-state index >= 15 is 0 Å². The Morgan fingerprint density at radius 2 is 1.90 bits per heavy atom. The van der Waals surface area contributed by atoms with Crippen molar-refractivity contribution in [1.82, 2.24) is 14.9 Å². The van der Waals surface area contributed by atoms with E-state index in [1.54, 1.807) is 23.5 Å². The highest BCUT2D eigenvalue weighted by Gasteiger charge is 2.18. The summed E-state index contributed by atoms with van der Waals surface area (Å²) in [6, 6.07) is 16.8. The van der Waals surface area contributed by atoms with Crippen LogP contribution in [0.15, 0.2) is 60.0 Å². The molecule has 0 aliphatic rings. The Hall–Kier alpha value is -3.45. The van der Waals surface area contributed by atoms with Crippen LogP contribution in [0.1, 0.15) is 26.3 Å². The number of imidazole rings is 1. The second kappa shape index (κ2) is 7.89. The molecular weight excluding hydrogens is 384 g/mol. The minimum absolute atomic E-state index is 0.120. The zero-order valence-corrected chi connectivity index (χ0v) is 16.7. The smallest absolute Gasteiger partial charge is 0.251 e. The van der Waals surface area contributed by atoms with Crippen molar-refractivity contribution in [1.29, 1.82) is 0 Å². The highest BCUT2D eigenvalue weighted by atomic mass is 32.1. The Labute approximate surface area is 172 Å². The highest BCUT2D eigenvalue weighted by Crippen LogP contribution is 2.29. The van der Waals surface area contributed by atoms with Gasteiger partial charge in [0, 0.05) is 18.7 Å². The summed E-state index contributed by atoms with van der Waals surface area (Å²) in [5, 5.41) is 4.93. The molecule has 0 saturated carbocycles. The summed E-state index contributed by atoms with van der Waals surface area (Å²) in [7, 11) is 0. The van der Waals surface area contributed by atoms with Gasteiger partial charge in [0.2, 0.25) is 0 Å². The molecule has 0 unspecified atom stereocenters. The second-order valence-electron chi connectivity index (χ2n) is 6.72. The summed E-state index contributed by atoms with van der Waals surface area (Å²) in [6.07, 6.45) is 0. The zero-order valence-electron chi connectivity index (χ0n) is 15.9. The fraction of sp³-hybridized carbons (Fsp3) is 0.136. The van der Waals surface area contributed by atoms with E-state index < -0.39 is 5.91 Å². The number of amides is 2. The first-order valence-electron chi connectivity index (χ1n) is 9.22. The van der Waals surface area contributed by atoms with Crippen LogP contribution >= 0.6 is 11.3 Å². The number of nitrogens with one attached hydrogen (secondary N) is 1. The summed E-state index contributed by atoms with van der Waals surface area (Å²) >= 11 is 1.57. The van der Waals surface area contributed by atoms with Gasteiger partial charge in [0.25, 0.3) is 11.8 Å². The molecular formula is C22H20N4O2S. The molecule has 0 bridgehead atoms. The first-order chi connectivity index (χ1) is 14.0. The van der Waals surface area contributed by atoms with E-state index in [-0.39, 0.29) is 5.91 Å². The molecule has 29 heavy (non-hydrogen) atoms. The number of thiophene rings is 1. The van der Waals surface area contributed by atoms with E-state index in [4.69, 9.17) is 10.7 Å². The lowest BCUT2D eigenvalue weighted by Crippen LogP contribution is -2.27. The van der Waals surface area contributed by atoms with Crippen LogP contribution in [0.4, 0.5) is 0 Å². The Morgan fingerprint density at radius 1 is 1.10 bits per heavy atom. The van der Waals surface area contributed by atoms with Gasteiger partial charge in [-0.3, -0.25) is 9.59 Å². The Kier molecular flexibility index (Phi) is 5.14. The molecule has 146 valence electrons. The molecule has 2 heterocycles. The number of nitrogens with two attached hydrogens (primary N) is 1. The van der Waals surface area contributed by atoms with Gasteiger partial charge in [-0.25, -0.2) is 4.98 Å². The van der Waals surface area contributed by atoms with E-state index in [9.17, 15) is 9.59 Å². The molecule has 2 amide bonds. The normalized spacial score (nSPS) is 10.9. The van der Waals surface area contributed by atoms with E-state index in [1.807, 2.05) is 59.3 Å². The molecule has 2 aromatic carbocycles. The summed E-state index contributed by atoms with van der Waals surface area (Å²) in [6.45, 7) is 2.93. The molecule has 0 saturated heterocycles. The maximum atomic E-state index is 12.4. The average Bonchev–Trinajstić information content (AvgIpc) is 3.36. The SMILES string of the molecule is Cc1ccc(C(=O)NCCn2c(-c3cccs3)nc3c(C(N)=O)cccc32)cc1. The Morgan fingerprint density at radius 3 is 2.59 bits per heavy atom. The third-order valence-electron chi connectivity index (χ3n) is 4.72. The maximum Gasteiger partial charge on any atom is 0.251 e. The number of para-hydroxylation sites is 1. The summed E-state index contributed by atoms with van der Waals surface area (Å²) in [5.41, 5.74) is 9.05. The van der Waals surface area contributed by atoms with Crippen LogP contribution in [0.5, 0.6) is 0 Å². The number of primary amides is 1. The van der Waals surface area contributed by atoms with Gasteiger partial charge in [-0.05, 0) is 42.6 Å². The minimum Gasteiger partial charge on any atom is -0.366 e. The molecule has 0 aliphatic heterocycles. The molecule has 4 aromatic rings. The average molecular weight is 404 g/mol. The summed E-state index contributed by atoms with van der Waals surface area (Å²) in [4.78, 5) is 29.9. The van der Waals surface area contributed by atoms with Crippen LogP contribution in [0.2, 0.25) is 0 Å². The quantitative estimate of drug-likeness (QED) is 0.514. The fourth-order valence-electron chi connectivity index (χ4n) is 3.25. The van der Waals surface area contributed by atoms with Gasteiger partial charge >= 0.3 is 0 Å². The van der Waals surface area contributed by atoms with Crippen molar-refractivity contribution in [3.63, 3.8) is 0 Å². The first kappa shape index (κ1) is 18.9. The van der Waals surface area contributed by atoms with Crippen molar-refractivity contribution in [3.8, 4) is 10.7 Å². The number of rotatable bonds is 6. The van der Waals surface area contributed by atoms with Crippen molar-refractivity contribution in [2.75, 3.05) is 6.54 Å². The van der Waals surface area contributed by atoms with Gasteiger partial charge in [0.05, 0.1) is 16.0 Å². The van der Waals surface area contributed by atoms with Crippen LogP contribution < -0.4 is 11.1 Å². The molecule has 7 heteroatoms. The van der Waals surface area contributed by atoms with Crippen molar-refractivity contribution in [2.45, 2.75) is 13.5 Å². The van der Waals surface area contributed by atoms with Crippen molar-refractivity contribution >= 4 is 34.2 Å². The lowest BCUT2D eigenvalue weighted by molar-refractivity contribution is 0.0951. The predicted octanol–water partition coefficient (Wildman–Crippen LogP) is 3.60. The third kappa shape index (κ3) is 3.77. The van der Waals surface area contributed by atoms with Gasteiger partial charge in [-0.15, -0.1) is 11.3 Å². The number of aryl methyl sites for hydroxylation is 1. The van der Waals surface area contributed by atoms with Gasteiger partial charge in [-0.1, -0.05) is 29.8 Å². The van der Waals surface area contributed by atoms with Gasteiger partial charge in [0.15, 0.2) is 5.82 Å². The minimum atomic E-state index is -0.509. The first-order valence-corrected chi connectivity index (χ1v) is 10.1. The Bertz CT molecular complexity index is 1180. The summed E-state index contributed by atoms with van der Waals surface area (Å²) < 4.78 is 2.02. The number of carbonyl (C=O) groups is 2. The highest BCUT2D eigenvalue weighted by molar-refractivity contribution is 7.13. The maximum absolute atomic E-state index is 12.4. The van der Waals surface area contributed by atoms with Gasteiger partial charge in [-0.2, -0.15) is 0 Å². The largest absolute Gasteiger partial charge is 0.366 e. The number of fused-ring (bicyclic) bond motifs is 1. The van der Waals surface area contributed by atoms with E-state index in [2.05, 4.69) is 5.32 Å². The number of benzene rings is 2. The van der Waals surface area contributed by atoms with Crippen molar-refractivity contribution in [2.24, 2.45) is 5.73 Å². The molecule has 3 N–H and O–H groups in total. The third-order valence-corrected chi connectivity index (χ3v) is 5.59. The molecule has 4 rings (SSSR count). The number of hydrogen-bond acceptors (Lipinski definition) is 4. The van der Waals surface area contributed by atoms with Crippen LogP contribution in [0.3, 0.4) is 0 Å². The monoisotopic (exact) mass is 404 g/mol. The van der Waals surface area contributed by atoms with Crippen molar-refractivity contribution < 1.29 is 9.59 Å². The molecule has 0 fully saturated rings. The van der Waals surface area contributed by atoms with Gasteiger partial charge < -0.3 is 15.6 Å². The van der Waals surface area contributed by atoms with Crippen LogP contribution in [-0.2, 0) is 6.54 Å². The van der Waals surface area contributed by atoms with Crippen molar-refractivity contribution in [3.05, 3.63) is 76.7 Å². The molecule has 0 spiro atoms. The number of nitrogens with zero attached hydrogens (tertiary/aromatic N) is 2. The van der Waals surface area contributed by atoms with Crippen LogP contribution in [0, 0.1) is 6.92 Å². The second-order valence-corrected chi connectivity index (χ2v) is 7.67. The summed E-state index contributed by atoms with van der Waals surface area (Å²) in [5.74, 6) is 0.129. The number of aromatic nitrogens is 2. The molecule has 0 aliphatic carbocycles. The molecule has 6 nitrogen and oxygen atoms in total. The number of carbonyl (C=O) groups excluding carboxylic acids is 2. The lowest BCUT2D eigenvalue weighted by atomic mass is 10.1. The van der Waals surface area contributed by atoms with Crippen LogP contribution in [0.25, 0.3) is 21.7 Å². The molecule has 0 atom stereocenters. The van der Waals surface area contributed by atoms with Gasteiger partial charge in [0.1, 0.15) is 5.52 Å². The predicted molar refractivity (Wildman–Crippen MR) is 115 cm³/mol. The topological polar surface area (TPSA) is 90.0 Å².